The summed E-state index contributed by atoms with van der Waals surface area (Å²) in [5.74, 6) is 0.707. The summed E-state index contributed by atoms with van der Waals surface area (Å²) in [5.41, 5.74) is 2.41. The van der Waals surface area contributed by atoms with Gasteiger partial charge in [0.1, 0.15) is 5.75 Å². The van der Waals surface area contributed by atoms with Crippen molar-refractivity contribution in [3.05, 3.63) is 23.3 Å². The molecule has 2 rings (SSSR count). The minimum absolute atomic E-state index is 0.0409. The van der Waals surface area contributed by atoms with Crippen LogP contribution in [0.25, 0.3) is 0 Å². The van der Waals surface area contributed by atoms with Gasteiger partial charge in [0.15, 0.2) is 9.84 Å². The van der Waals surface area contributed by atoms with Gasteiger partial charge in [0.25, 0.3) is 0 Å². The molecule has 1 unspecified atom stereocenters. The molecular weight excluding hydrogens is 238 g/mol. The second-order valence-corrected chi connectivity index (χ2v) is 6.88. The van der Waals surface area contributed by atoms with E-state index in [4.69, 9.17) is 0 Å². The van der Waals surface area contributed by atoms with Gasteiger partial charge in [-0.2, -0.15) is 0 Å². The Balaban J connectivity index is 2.18. The molecule has 0 aromatic heterocycles. The topological polar surface area (TPSA) is 66.4 Å². The lowest BCUT2D eigenvalue weighted by Gasteiger charge is -2.16. The van der Waals surface area contributed by atoms with E-state index in [9.17, 15) is 13.5 Å². The minimum atomic E-state index is -2.87. The third kappa shape index (κ3) is 2.54. The van der Waals surface area contributed by atoms with Crippen molar-refractivity contribution in [1.29, 1.82) is 0 Å². The van der Waals surface area contributed by atoms with Crippen LogP contribution in [-0.4, -0.2) is 31.1 Å². The molecule has 0 aliphatic carbocycles. The molecule has 1 aromatic carbocycles. The highest BCUT2D eigenvalue weighted by atomic mass is 32.2. The summed E-state index contributed by atoms with van der Waals surface area (Å²) in [6.07, 6.45) is 0.635. The highest BCUT2D eigenvalue weighted by molar-refractivity contribution is 7.91. The lowest BCUT2D eigenvalue weighted by molar-refractivity contribution is 0.467. The lowest BCUT2D eigenvalue weighted by Crippen LogP contribution is -2.21. The standard InChI is InChI=1S/C12H17NO3S/c1-8-3-4-11(9(2)12(8)14)13-10-5-6-17(15,16)7-10/h3-4,10,13-14H,5-7H2,1-2H3. The van der Waals surface area contributed by atoms with Crippen LogP contribution in [0.4, 0.5) is 5.69 Å². The third-order valence-corrected chi connectivity index (χ3v) is 4.99. The van der Waals surface area contributed by atoms with E-state index in [2.05, 4.69) is 5.32 Å². The molecule has 0 radical (unpaired) electrons. The zero-order valence-corrected chi connectivity index (χ0v) is 10.8. The predicted octanol–water partition coefficient (Wildman–Crippen LogP) is 1.61. The molecule has 0 spiro atoms. The molecule has 17 heavy (non-hydrogen) atoms. The Hall–Kier alpha value is -1.23. The van der Waals surface area contributed by atoms with Crippen LogP contribution < -0.4 is 5.32 Å². The highest BCUT2D eigenvalue weighted by Crippen LogP contribution is 2.29. The molecule has 1 aromatic rings. The van der Waals surface area contributed by atoms with Crippen LogP contribution in [0.5, 0.6) is 5.75 Å². The van der Waals surface area contributed by atoms with Crippen LogP contribution in [-0.2, 0) is 9.84 Å². The van der Waals surface area contributed by atoms with Crippen LogP contribution in [0.15, 0.2) is 12.1 Å². The van der Waals surface area contributed by atoms with Gasteiger partial charge in [-0.3, -0.25) is 0 Å². The van der Waals surface area contributed by atoms with Crippen molar-refractivity contribution >= 4 is 15.5 Å². The van der Waals surface area contributed by atoms with E-state index in [1.54, 1.807) is 0 Å². The number of hydrogen-bond donors (Lipinski definition) is 2. The van der Waals surface area contributed by atoms with Crippen LogP contribution in [0.1, 0.15) is 17.5 Å². The number of benzene rings is 1. The maximum Gasteiger partial charge on any atom is 0.152 e. The van der Waals surface area contributed by atoms with Gasteiger partial charge in [0, 0.05) is 17.3 Å². The van der Waals surface area contributed by atoms with Crippen LogP contribution >= 0.6 is 0 Å². The van der Waals surface area contributed by atoms with Crippen molar-refractivity contribution in [2.75, 3.05) is 16.8 Å². The number of sulfone groups is 1. The Morgan fingerprint density at radius 2 is 2.06 bits per heavy atom. The Bertz CT molecular complexity index is 537. The number of aryl methyl sites for hydroxylation is 1. The molecule has 94 valence electrons. The highest BCUT2D eigenvalue weighted by Gasteiger charge is 2.28. The molecular formula is C12H17NO3S. The molecule has 1 atom stereocenters. The number of aromatic hydroxyl groups is 1. The SMILES string of the molecule is Cc1ccc(NC2CCS(=O)(=O)C2)c(C)c1O. The van der Waals surface area contributed by atoms with Crippen molar-refractivity contribution in [3.8, 4) is 5.75 Å². The van der Waals surface area contributed by atoms with E-state index in [0.717, 1.165) is 16.8 Å². The molecule has 1 saturated heterocycles. The van der Waals surface area contributed by atoms with E-state index >= 15 is 0 Å². The molecule has 5 heteroatoms. The minimum Gasteiger partial charge on any atom is -0.507 e. The fraction of sp³-hybridized carbons (Fsp3) is 0.500. The summed E-state index contributed by atoms with van der Waals surface area (Å²) >= 11 is 0. The van der Waals surface area contributed by atoms with Crippen molar-refractivity contribution in [2.45, 2.75) is 26.3 Å². The van der Waals surface area contributed by atoms with E-state index in [0.29, 0.717) is 6.42 Å². The number of phenolic OH excluding ortho intramolecular Hbond substituents is 1. The van der Waals surface area contributed by atoms with Gasteiger partial charge >= 0.3 is 0 Å². The van der Waals surface area contributed by atoms with Crippen molar-refractivity contribution in [3.63, 3.8) is 0 Å². The maximum atomic E-state index is 11.3. The molecule has 0 saturated carbocycles. The molecule has 2 N–H and O–H groups in total. The molecule has 0 bridgehead atoms. The average molecular weight is 255 g/mol. The quantitative estimate of drug-likeness (QED) is 0.842. The Labute approximate surface area is 102 Å². The Kier molecular flexibility index (Phi) is 3.03. The second kappa shape index (κ2) is 4.22. The van der Waals surface area contributed by atoms with Gasteiger partial charge in [0.05, 0.1) is 11.5 Å². The van der Waals surface area contributed by atoms with E-state index in [1.165, 1.54) is 0 Å². The van der Waals surface area contributed by atoms with Crippen LogP contribution in [0.2, 0.25) is 0 Å². The van der Waals surface area contributed by atoms with Crippen LogP contribution in [0.3, 0.4) is 0 Å². The maximum absolute atomic E-state index is 11.3. The number of hydrogen-bond acceptors (Lipinski definition) is 4. The molecule has 4 nitrogen and oxygen atoms in total. The summed E-state index contributed by atoms with van der Waals surface area (Å²) in [6, 6.07) is 3.67. The largest absolute Gasteiger partial charge is 0.507 e. The molecule has 0 amide bonds. The zero-order chi connectivity index (χ0) is 12.6. The molecule has 1 aliphatic heterocycles. The second-order valence-electron chi connectivity index (χ2n) is 4.65. The van der Waals surface area contributed by atoms with Crippen molar-refractivity contribution < 1.29 is 13.5 Å². The number of rotatable bonds is 2. The van der Waals surface area contributed by atoms with Crippen LogP contribution in [0, 0.1) is 13.8 Å². The summed E-state index contributed by atoms with van der Waals surface area (Å²) in [5, 5.41) is 13.0. The van der Waals surface area contributed by atoms with Gasteiger partial charge in [-0.1, -0.05) is 6.07 Å². The number of phenols is 1. The van der Waals surface area contributed by atoms with Gasteiger partial charge in [-0.25, -0.2) is 8.42 Å². The first-order chi connectivity index (χ1) is 7.89. The summed E-state index contributed by atoms with van der Waals surface area (Å²) in [7, 11) is -2.87. The number of anilines is 1. The summed E-state index contributed by atoms with van der Waals surface area (Å²) in [6.45, 7) is 3.67. The van der Waals surface area contributed by atoms with Gasteiger partial charge < -0.3 is 10.4 Å². The smallest absolute Gasteiger partial charge is 0.152 e. The van der Waals surface area contributed by atoms with Crippen molar-refractivity contribution in [1.82, 2.24) is 0 Å². The third-order valence-electron chi connectivity index (χ3n) is 3.22. The molecule has 1 heterocycles. The zero-order valence-electron chi connectivity index (χ0n) is 10.0. The number of nitrogens with one attached hydrogen (secondary N) is 1. The van der Waals surface area contributed by atoms with Crippen molar-refractivity contribution in [2.24, 2.45) is 0 Å². The average Bonchev–Trinajstić information content (AvgIpc) is 2.59. The van der Waals surface area contributed by atoms with E-state index < -0.39 is 9.84 Å². The predicted molar refractivity (Wildman–Crippen MR) is 68.3 cm³/mol. The summed E-state index contributed by atoms with van der Waals surface area (Å²) < 4.78 is 22.7. The molecule has 1 fully saturated rings. The first-order valence-electron chi connectivity index (χ1n) is 5.65. The fourth-order valence-electron chi connectivity index (χ4n) is 2.12. The Morgan fingerprint density at radius 3 is 2.65 bits per heavy atom. The first-order valence-corrected chi connectivity index (χ1v) is 7.47. The van der Waals surface area contributed by atoms with E-state index in [-0.39, 0.29) is 23.3 Å². The lowest BCUT2D eigenvalue weighted by atomic mass is 10.1. The normalized spacial score (nSPS) is 22.6. The summed E-state index contributed by atoms with van der Waals surface area (Å²) in [4.78, 5) is 0. The van der Waals surface area contributed by atoms with Gasteiger partial charge in [0.2, 0.25) is 0 Å². The Morgan fingerprint density at radius 1 is 1.35 bits per heavy atom. The fourth-order valence-corrected chi connectivity index (χ4v) is 3.79. The first kappa shape index (κ1) is 12.2. The van der Waals surface area contributed by atoms with Gasteiger partial charge in [-0.05, 0) is 31.9 Å². The van der Waals surface area contributed by atoms with E-state index in [1.807, 2.05) is 26.0 Å². The van der Waals surface area contributed by atoms with Gasteiger partial charge in [-0.15, -0.1) is 0 Å². The molecule has 1 aliphatic rings. The monoisotopic (exact) mass is 255 g/mol.